The van der Waals surface area contributed by atoms with E-state index in [1.807, 2.05) is 11.3 Å². The number of hydrogen-bond donors (Lipinski definition) is 2. The highest BCUT2D eigenvalue weighted by atomic mass is 32.1. The summed E-state index contributed by atoms with van der Waals surface area (Å²) in [5.74, 6) is 0. The molecular formula is C9H14N2S. The Bertz CT molecular complexity index is 214. The van der Waals surface area contributed by atoms with Gasteiger partial charge in [-0.25, -0.2) is 0 Å². The predicted octanol–water partition coefficient (Wildman–Crippen LogP) is 1.20. The highest BCUT2D eigenvalue weighted by molar-refractivity contribution is 7.09. The molecule has 66 valence electrons. The summed E-state index contributed by atoms with van der Waals surface area (Å²) in [6.07, 6.45) is 1.27. The Morgan fingerprint density at radius 1 is 1.67 bits per heavy atom. The molecule has 0 saturated carbocycles. The molecule has 3 heteroatoms. The van der Waals surface area contributed by atoms with Crippen LogP contribution in [0.25, 0.3) is 0 Å². The van der Waals surface area contributed by atoms with Gasteiger partial charge in [-0.05, 0) is 24.4 Å². The molecule has 1 aliphatic rings. The van der Waals surface area contributed by atoms with E-state index in [-0.39, 0.29) is 0 Å². The lowest BCUT2D eigenvalue weighted by Gasteiger charge is -2.08. The van der Waals surface area contributed by atoms with Crippen molar-refractivity contribution in [3.05, 3.63) is 22.4 Å². The lowest BCUT2D eigenvalue weighted by Crippen LogP contribution is -2.30. The van der Waals surface area contributed by atoms with Crippen molar-refractivity contribution in [1.82, 2.24) is 10.6 Å². The van der Waals surface area contributed by atoms with Crippen molar-refractivity contribution in [2.24, 2.45) is 0 Å². The summed E-state index contributed by atoms with van der Waals surface area (Å²) in [6, 6.07) is 4.97. The molecule has 0 amide bonds. The summed E-state index contributed by atoms with van der Waals surface area (Å²) in [5.41, 5.74) is 0. The van der Waals surface area contributed by atoms with E-state index in [2.05, 4.69) is 28.1 Å². The first-order valence-corrected chi connectivity index (χ1v) is 5.29. The maximum atomic E-state index is 3.53. The quantitative estimate of drug-likeness (QED) is 0.734. The van der Waals surface area contributed by atoms with E-state index in [0.29, 0.717) is 6.04 Å². The first-order valence-electron chi connectivity index (χ1n) is 4.41. The fourth-order valence-electron chi connectivity index (χ4n) is 1.49. The van der Waals surface area contributed by atoms with Crippen LogP contribution in [-0.2, 0) is 6.54 Å². The minimum absolute atomic E-state index is 0.687. The molecule has 1 saturated heterocycles. The van der Waals surface area contributed by atoms with Gasteiger partial charge >= 0.3 is 0 Å². The Labute approximate surface area is 77.0 Å². The Morgan fingerprint density at radius 3 is 3.33 bits per heavy atom. The van der Waals surface area contributed by atoms with E-state index in [0.717, 1.165) is 13.1 Å². The van der Waals surface area contributed by atoms with Crippen molar-refractivity contribution in [3.8, 4) is 0 Å². The first kappa shape index (κ1) is 8.23. The van der Waals surface area contributed by atoms with Crippen LogP contribution in [0.5, 0.6) is 0 Å². The van der Waals surface area contributed by atoms with Gasteiger partial charge in [-0.1, -0.05) is 6.07 Å². The van der Waals surface area contributed by atoms with Crippen LogP contribution < -0.4 is 10.6 Å². The average molecular weight is 182 g/mol. The maximum absolute atomic E-state index is 3.53. The third-order valence-electron chi connectivity index (χ3n) is 2.21. The van der Waals surface area contributed by atoms with Gasteiger partial charge in [-0.3, -0.25) is 0 Å². The van der Waals surface area contributed by atoms with Gasteiger partial charge in [-0.2, -0.15) is 0 Å². The van der Waals surface area contributed by atoms with Gasteiger partial charge in [0.05, 0.1) is 0 Å². The van der Waals surface area contributed by atoms with E-state index >= 15 is 0 Å². The molecule has 1 fully saturated rings. The number of hydrogen-bond acceptors (Lipinski definition) is 3. The van der Waals surface area contributed by atoms with Crippen LogP contribution in [0.4, 0.5) is 0 Å². The molecule has 2 nitrogen and oxygen atoms in total. The van der Waals surface area contributed by atoms with Gasteiger partial charge in [0, 0.05) is 24.0 Å². The molecule has 1 atom stereocenters. The molecule has 2 heterocycles. The molecule has 12 heavy (non-hydrogen) atoms. The van der Waals surface area contributed by atoms with E-state index in [9.17, 15) is 0 Å². The molecule has 0 aliphatic carbocycles. The van der Waals surface area contributed by atoms with Gasteiger partial charge in [0.25, 0.3) is 0 Å². The fourth-order valence-corrected chi connectivity index (χ4v) is 2.14. The van der Waals surface area contributed by atoms with Crippen LogP contribution in [0.15, 0.2) is 17.5 Å². The van der Waals surface area contributed by atoms with Crippen molar-refractivity contribution in [2.75, 3.05) is 13.1 Å². The number of rotatable bonds is 3. The van der Waals surface area contributed by atoms with Crippen molar-refractivity contribution >= 4 is 11.3 Å². The third kappa shape index (κ3) is 2.06. The second-order valence-electron chi connectivity index (χ2n) is 3.15. The van der Waals surface area contributed by atoms with E-state index < -0.39 is 0 Å². The minimum Gasteiger partial charge on any atom is -0.315 e. The smallest absolute Gasteiger partial charge is 0.0302 e. The topological polar surface area (TPSA) is 24.1 Å². The van der Waals surface area contributed by atoms with Crippen molar-refractivity contribution < 1.29 is 0 Å². The molecule has 1 aromatic heterocycles. The van der Waals surface area contributed by atoms with Gasteiger partial charge in [0.2, 0.25) is 0 Å². The molecule has 0 radical (unpaired) electrons. The highest BCUT2D eigenvalue weighted by Gasteiger charge is 2.12. The van der Waals surface area contributed by atoms with Crippen LogP contribution in [0.2, 0.25) is 0 Å². The van der Waals surface area contributed by atoms with Crippen LogP contribution in [0.3, 0.4) is 0 Å². The first-order chi connectivity index (χ1) is 5.95. The van der Waals surface area contributed by atoms with E-state index in [1.165, 1.54) is 17.8 Å². The molecule has 0 spiro atoms. The van der Waals surface area contributed by atoms with Crippen molar-refractivity contribution in [3.63, 3.8) is 0 Å². The van der Waals surface area contributed by atoms with Crippen LogP contribution in [-0.4, -0.2) is 19.1 Å². The SMILES string of the molecule is c1csc(CNC2CCNC2)c1. The fraction of sp³-hybridized carbons (Fsp3) is 0.556. The molecule has 1 unspecified atom stereocenters. The third-order valence-corrected chi connectivity index (χ3v) is 3.08. The largest absolute Gasteiger partial charge is 0.315 e. The van der Waals surface area contributed by atoms with Gasteiger partial charge in [-0.15, -0.1) is 11.3 Å². The minimum atomic E-state index is 0.687. The molecule has 0 bridgehead atoms. The average Bonchev–Trinajstić information content (AvgIpc) is 2.74. The van der Waals surface area contributed by atoms with Crippen molar-refractivity contribution in [2.45, 2.75) is 19.0 Å². The van der Waals surface area contributed by atoms with Gasteiger partial charge in [0.1, 0.15) is 0 Å². The van der Waals surface area contributed by atoms with E-state index in [4.69, 9.17) is 0 Å². The van der Waals surface area contributed by atoms with Gasteiger partial charge < -0.3 is 10.6 Å². The predicted molar refractivity (Wildman–Crippen MR) is 52.4 cm³/mol. The normalized spacial score (nSPS) is 23.2. The summed E-state index contributed by atoms with van der Waals surface area (Å²) in [5, 5.41) is 9.00. The zero-order valence-corrected chi connectivity index (χ0v) is 7.86. The zero-order chi connectivity index (χ0) is 8.23. The lowest BCUT2D eigenvalue weighted by atomic mass is 10.2. The Balaban J connectivity index is 1.74. The van der Waals surface area contributed by atoms with Crippen molar-refractivity contribution in [1.29, 1.82) is 0 Å². The second-order valence-corrected chi connectivity index (χ2v) is 4.18. The zero-order valence-electron chi connectivity index (χ0n) is 7.05. The Kier molecular flexibility index (Phi) is 2.76. The molecular weight excluding hydrogens is 168 g/mol. The number of thiophene rings is 1. The molecule has 0 aromatic carbocycles. The molecule has 1 aliphatic heterocycles. The van der Waals surface area contributed by atoms with Crippen LogP contribution in [0.1, 0.15) is 11.3 Å². The second kappa shape index (κ2) is 4.03. The molecule has 1 aromatic rings. The molecule has 2 N–H and O–H groups in total. The maximum Gasteiger partial charge on any atom is 0.0302 e. The summed E-state index contributed by atoms with van der Waals surface area (Å²) >= 11 is 1.82. The summed E-state index contributed by atoms with van der Waals surface area (Å²) < 4.78 is 0. The molecule has 2 rings (SSSR count). The monoisotopic (exact) mass is 182 g/mol. The standard InChI is InChI=1S/C9H14N2S/c1-2-9(12-5-1)7-11-8-3-4-10-6-8/h1-2,5,8,10-11H,3-4,6-7H2. The van der Waals surface area contributed by atoms with Gasteiger partial charge in [0.15, 0.2) is 0 Å². The summed E-state index contributed by atoms with van der Waals surface area (Å²) in [6.45, 7) is 3.33. The van der Waals surface area contributed by atoms with Crippen LogP contribution in [0, 0.1) is 0 Å². The number of nitrogens with one attached hydrogen (secondary N) is 2. The lowest BCUT2D eigenvalue weighted by molar-refractivity contribution is 0.551. The van der Waals surface area contributed by atoms with Crippen LogP contribution >= 0.6 is 11.3 Å². The summed E-state index contributed by atoms with van der Waals surface area (Å²) in [4.78, 5) is 1.43. The highest BCUT2D eigenvalue weighted by Crippen LogP contribution is 2.08. The Hall–Kier alpha value is -0.380. The Morgan fingerprint density at radius 2 is 2.67 bits per heavy atom. The van der Waals surface area contributed by atoms with E-state index in [1.54, 1.807) is 0 Å². The summed E-state index contributed by atoms with van der Waals surface area (Å²) in [7, 11) is 0.